The zero-order valence-electron chi connectivity index (χ0n) is 8.54. The van der Waals surface area contributed by atoms with Crippen LogP contribution in [0.3, 0.4) is 0 Å². The van der Waals surface area contributed by atoms with Gasteiger partial charge in [0.05, 0.1) is 5.69 Å². The van der Waals surface area contributed by atoms with Crippen LogP contribution >= 0.6 is 11.3 Å². The van der Waals surface area contributed by atoms with Gasteiger partial charge in [-0.25, -0.2) is 9.37 Å². The Balaban J connectivity index is 2.54. The molecule has 1 heterocycles. The standard InChI is InChI=1S/C11H11FN2S/c1-6-5-8(12)3-4-9(6)11-14-7(2)10(13)15-11/h3-5H,13H2,1-2H3. The van der Waals surface area contributed by atoms with Crippen LogP contribution in [0, 0.1) is 19.7 Å². The van der Waals surface area contributed by atoms with Gasteiger partial charge in [-0.2, -0.15) is 0 Å². The van der Waals surface area contributed by atoms with Gasteiger partial charge in [-0.1, -0.05) is 11.3 Å². The third kappa shape index (κ3) is 1.85. The molecule has 0 aliphatic heterocycles. The summed E-state index contributed by atoms with van der Waals surface area (Å²) in [5, 5.41) is 1.57. The summed E-state index contributed by atoms with van der Waals surface area (Å²) in [5.41, 5.74) is 8.40. The number of rotatable bonds is 1. The van der Waals surface area contributed by atoms with Crippen molar-refractivity contribution in [2.75, 3.05) is 5.73 Å². The first kappa shape index (κ1) is 10.1. The van der Waals surface area contributed by atoms with E-state index in [9.17, 15) is 4.39 Å². The molecule has 2 N–H and O–H groups in total. The molecule has 0 amide bonds. The highest BCUT2D eigenvalue weighted by atomic mass is 32.1. The summed E-state index contributed by atoms with van der Waals surface area (Å²) in [5.74, 6) is -0.225. The summed E-state index contributed by atoms with van der Waals surface area (Å²) < 4.78 is 12.9. The van der Waals surface area contributed by atoms with Crippen LogP contribution < -0.4 is 5.73 Å². The highest BCUT2D eigenvalue weighted by Gasteiger charge is 2.09. The van der Waals surface area contributed by atoms with Crippen LogP contribution in [0.25, 0.3) is 10.6 Å². The van der Waals surface area contributed by atoms with E-state index in [2.05, 4.69) is 4.98 Å². The lowest BCUT2D eigenvalue weighted by atomic mass is 10.1. The van der Waals surface area contributed by atoms with Crippen LogP contribution in [0.4, 0.5) is 9.39 Å². The Morgan fingerprint density at radius 2 is 2.07 bits per heavy atom. The molecule has 2 aromatic rings. The van der Waals surface area contributed by atoms with Crippen molar-refractivity contribution in [1.82, 2.24) is 4.98 Å². The van der Waals surface area contributed by atoms with Gasteiger partial charge in [0.1, 0.15) is 15.8 Å². The predicted octanol–water partition coefficient (Wildman–Crippen LogP) is 3.15. The number of hydrogen-bond donors (Lipinski definition) is 1. The first-order chi connectivity index (χ1) is 7.08. The smallest absolute Gasteiger partial charge is 0.125 e. The zero-order valence-corrected chi connectivity index (χ0v) is 9.36. The van der Waals surface area contributed by atoms with Crippen LogP contribution in [-0.4, -0.2) is 4.98 Å². The Bertz CT molecular complexity index is 486. The fourth-order valence-corrected chi connectivity index (χ4v) is 2.31. The van der Waals surface area contributed by atoms with E-state index >= 15 is 0 Å². The van der Waals surface area contributed by atoms with Gasteiger partial charge < -0.3 is 5.73 Å². The van der Waals surface area contributed by atoms with Crippen molar-refractivity contribution in [3.63, 3.8) is 0 Å². The third-order valence-corrected chi connectivity index (χ3v) is 3.27. The maximum atomic E-state index is 12.9. The second kappa shape index (κ2) is 3.62. The van der Waals surface area contributed by atoms with Crippen molar-refractivity contribution in [3.8, 4) is 10.6 Å². The van der Waals surface area contributed by atoms with Gasteiger partial charge in [0, 0.05) is 5.56 Å². The average Bonchev–Trinajstić information content (AvgIpc) is 2.46. The van der Waals surface area contributed by atoms with Crippen LogP contribution in [0.15, 0.2) is 18.2 Å². The van der Waals surface area contributed by atoms with Gasteiger partial charge in [0.25, 0.3) is 0 Å². The Labute approximate surface area is 91.6 Å². The molecule has 2 nitrogen and oxygen atoms in total. The van der Waals surface area contributed by atoms with E-state index in [0.29, 0.717) is 5.00 Å². The molecule has 1 aromatic carbocycles. The number of hydrogen-bond acceptors (Lipinski definition) is 3. The number of aromatic nitrogens is 1. The number of nitrogens with zero attached hydrogens (tertiary/aromatic N) is 1. The highest BCUT2D eigenvalue weighted by molar-refractivity contribution is 7.18. The summed E-state index contributed by atoms with van der Waals surface area (Å²) >= 11 is 1.43. The molecule has 0 saturated heterocycles. The molecule has 0 unspecified atom stereocenters. The van der Waals surface area contributed by atoms with E-state index < -0.39 is 0 Å². The summed E-state index contributed by atoms with van der Waals surface area (Å²) in [6, 6.07) is 4.68. The maximum absolute atomic E-state index is 12.9. The van der Waals surface area contributed by atoms with E-state index in [1.807, 2.05) is 13.8 Å². The van der Waals surface area contributed by atoms with Crippen molar-refractivity contribution < 1.29 is 4.39 Å². The molecule has 78 valence electrons. The Kier molecular flexibility index (Phi) is 2.44. The molecule has 0 spiro atoms. The lowest BCUT2D eigenvalue weighted by molar-refractivity contribution is 0.627. The molecule has 0 bridgehead atoms. The lowest BCUT2D eigenvalue weighted by Gasteiger charge is -2.01. The van der Waals surface area contributed by atoms with E-state index in [-0.39, 0.29) is 5.82 Å². The number of benzene rings is 1. The average molecular weight is 222 g/mol. The molecular weight excluding hydrogens is 211 g/mol. The quantitative estimate of drug-likeness (QED) is 0.805. The number of nitrogen functional groups attached to an aromatic ring is 1. The summed E-state index contributed by atoms with van der Waals surface area (Å²) in [7, 11) is 0. The summed E-state index contributed by atoms with van der Waals surface area (Å²) in [4.78, 5) is 4.34. The van der Waals surface area contributed by atoms with E-state index in [1.165, 1.54) is 23.5 Å². The van der Waals surface area contributed by atoms with Crippen LogP contribution in [0.1, 0.15) is 11.3 Å². The molecule has 0 saturated carbocycles. The molecule has 0 aliphatic carbocycles. The fraction of sp³-hybridized carbons (Fsp3) is 0.182. The van der Waals surface area contributed by atoms with Crippen molar-refractivity contribution in [1.29, 1.82) is 0 Å². The molecule has 1 aromatic heterocycles. The number of aryl methyl sites for hydroxylation is 2. The number of nitrogens with two attached hydrogens (primary N) is 1. The Morgan fingerprint density at radius 1 is 1.33 bits per heavy atom. The van der Waals surface area contributed by atoms with E-state index in [1.54, 1.807) is 6.07 Å². The van der Waals surface area contributed by atoms with Gasteiger partial charge in [-0.05, 0) is 37.6 Å². The SMILES string of the molecule is Cc1cc(F)ccc1-c1nc(C)c(N)s1. The highest BCUT2D eigenvalue weighted by Crippen LogP contribution is 2.31. The lowest BCUT2D eigenvalue weighted by Crippen LogP contribution is -1.84. The minimum atomic E-state index is -0.225. The normalized spacial score (nSPS) is 10.6. The number of thiazole rings is 1. The molecule has 15 heavy (non-hydrogen) atoms. The maximum Gasteiger partial charge on any atom is 0.125 e. The monoisotopic (exact) mass is 222 g/mol. The zero-order chi connectivity index (χ0) is 11.0. The van der Waals surface area contributed by atoms with Gasteiger partial charge >= 0.3 is 0 Å². The van der Waals surface area contributed by atoms with Gasteiger partial charge in [-0.3, -0.25) is 0 Å². The van der Waals surface area contributed by atoms with Crippen molar-refractivity contribution >= 4 is 16.3 Å². The number of halogens is 1. The summed E-state index contributed by atoms with van der Waals surface area (Å²) in [6.07, 6.45) is 0. The first-order valence-corrected chi connectivity index (χ1v) is 5.39. The molecule has 0 fully saturated rings. The van der Waals surface area contributed by atoms with E-state index in [0.717, 1.165) is 21.8 Å². The summed E-state index contributed by atoms with van der Waals surface area (Å²) in [6.45, 7) is 3.74. The minimum Gasteiger partial charge on any atom is -0.389 e. The predicted molar refractivity (Wildman–Crippen MR) is 61.4 cm³/mol. The van der Waals surface area contributed by atoms with Crippen molar-refractivity contribution in [3.05, 3.63) is 35.3 Å². The molecular formula is C11H11FN2S. The van der Waals surface area contributed by atoms with Gasteiger partial charge in [-0.15, -0.1) is 0 Å². The minimum absolute atomic E-state index is 0.225. The molecule has 0 atom stereocenters. The number of anilines is 1. The van der Waals surface area contributed by atoms with Crippen LogP contribution in [-0.2, 0) is 0 Å². The Morgan fingerprint density at radius 3 is 2.60 bits per heavy atom. The first-order valence-electron chi connectivity index (χ1n) is 4.57. The molecule has 0 aliphatic rings. The van der Waals surface area contributed by atoms with Gasteiger partial charge in [0.2, 0.25) is 0 Å². The van der Waals surface area contributed by atoms with Gasteiger partial charge in [0.15, 0.2) is 0 Å². The topological polar surface area (TPSA) is 38.9 Å². The molecule has 0 radical (unpaired) electrons. The second-order valence-corrected chi connectivity index (χ2v) is 4.46. The molecule has 4 heteroatoms. The largest absolute Gasteiger partial charge is 0.389 e. The van der Waals surface area contributed by atoms with Crippen LogP contribution in [0.5, 0.6) is 0 Å². The second-order valence-electron chi connectivity index (χ2n) is 3.43. The fourth-order valence-electron chi connectivity index (χ4n) is 1.39. The third-order valence-electron chi connectivity index (χ3n) is 2.25. The van der Waals surface area contributed by atoms with Crippen LogP contribution in [0.2, 0.25) is 0 Å². The van der Waals surface area contributed by atoms with Crippen molar-refractivity contribution in [2.45, 2.75) is 13.8 Å². The van der Waals surface area contributed by atoms with Crippen molar-refractivity contribution in [2.24, 2.45) is 0 Å². The van der Waals surface area contributed by atoms with E-state index in [4.69, 9.17) is 5.73 Å². The Hall–Kier alpha value is -1.42. The molecule has 2 rings (SSSR count).